The van der Waals surface area contributed by atoms with E-state index in [0.29, 0.717) is 0 Å². The minimum Gasteiger partial charge on any atom is -0.504 e. The molecule has 224 valence electrons. The van der Waals surface area contributed by atoms with E-state index in [1.165, 1.54) is 24.3 Å². The highest BCUT2D eigenvalue weighted by Crippen LogP contribution is 2.57. The molecule has 0 saturated heterocycles. The molecule has 13 nitrogen and oxygen atoms in total. The van der Waals surface area contributed by atoms with E-state index in [0.717, 1.165) is 30.3 Å². The Balaban J connectivity index is 1.49. The van der Waals surface area contributed by atoms with Crippen molar-refractivity contribution >= 4 is 0 Å². The van der Waals surface area contributed by atoms with Crippen molar-refractivity contribution in [1.82, 2.24) is 0 Å². The van der Waals surface area contributed by atoms with Crippen molar-refractivity contribution in [2.75, 3.05) is 0 Å². The molecule has 13 heteroatoms. The van der Waals surface area contributed by atoms with Gasteiger partial charge < -0.3 is 65.6 Å². The first-order chi connectivity index (χ1) is 20.4. The maximum Gasteiger partial charge on any atom is 0.201 e. The number of phenolic OH excluding ortho intramolecular Hbond substituents is 8. The second-order valence-electron chi connectivity index (χ2n) is 10.4. The van der Waals surface area contributed by atoms with Crippen molar-refractivity contribution in [3.8, 4) is 57.5 Å². The minimum atomic E-state index is -1.72. The number of rotatable bonds is 3. The molecule has 11 N–H and O–H groups in total. The molecule has 0 amide bonds. The van der Waals surface area contributed by atoms with Crippen LogP contribution in [-0.2, 0) is 0 Å². The fraction of sp³-hybridized carbons (Fsp3) is 0.200. The van der Waals surface area contributed by atoms with Crippen molar-refractivity contribution in [3.05, 3.63) is 82.4 Å². The Morgan fingerprint density at radius 1 is 0.442 bits per heavy atom. The molecule has 0 aromatic heterocycles. The number of hydrogen-bond donors (Lipinski definition) is 11. The summed E-state index contributed by atoms with van der Waals surface area (Å²) in [7, 11) is 0. The second kappa shape index (κ2) is 9.94. The first kappa shape index (κ1) is 27.9. The van der Waals surface area contributed by atoms with Gasteiger partial charge in [0.1, 0.15) is 18.3 Å². The summed E-state index contributed by atoms with van der Waals surface area (Å²) in [6.07, 6.45) is -7.67. The van der Waals surface area contributed by atoms with Crippen LogP contribution in [0.4, 0.5) is 0 Å². The van der Waals surface area contributed by atoms with Gasteiger partial charge in [-0.05, 0) is 47.5 Å². The second-order valence-corrected chi connectivity index (χ2v) is 10.4. The van der Waals surface area contributed by atoms with Gasteiger partial charge in [-0.1, -0.05) is 18.2 Å². The summed E-state index contributed by atoms with van der Waals surface area (Å²) in [5.74, 6) is -6.80. The zero-order chi connectivity index (χ0) is 30.9. The maximum atomic E-state index is 11.6. The van der Waals surface area contributed by atoms with E-state index in [2.05, 4.69) is 0 Å². The molecule has 2 aliphatic rings. The molecule has 4 aromatic carbocycles. The van der Waals surface area contributed by atoms with Gasteiger partial charge in [-0.2, -0.15) is 0 Å². The van der Waals surface area contributed by atoms with Crippen LogP contribution in [0.5, 0.6) is 57.5 Å². The van der Waals surface area contributed by atoms with Gasteiger partial charge >= 0.3 is 0 Å². The fourth-order valence-corrected chi connectivity index (χ4v) is 5.63. The topological polar surface area (TPSA) is 241 Å². The van der Waals surface area contributed by atoms with Gasteiger partial charge in [-0.15, -0.1) is 0 Å². The molecule has 2 heterocycles. The molecule has 2 aliphatic heterocycles. The number of aliphatic hydroxyl groups is 3. The van der Waals surface area contributed by atoms with E-state index in [1.54, 1.807) is 0 Å². The monoisotopic (exact) mass is 594 g/mol. The van der Waals surface area contributed by atoms with E-state index in [9.17, 15) is 56.2 Å². The van der Waals surface area contributed by atoms with Crippen LogP contribution in [0.2, 0.25) is 0 Å². The highest BCUT2D eigenvalue weighted by atomic mass is 16.5. The van der Waals surface area contributed by atoms with Gasteiger partial charge in [0.2, 0.25) is 11.5 Å². The standard InChI is InChI=1S/C30H26O13/c31-15-4-1-10(7-18(15)34)27-24(39)20(12-3-6-17(33)23(38)29(12)42-27)13-9-14-22(37)25(40)28(43-30(14)26(41)21(13)36)11-2-5-16(32)19(35)8-11/h1-9,20,22,24-25,27-28,31-41H. The van der Waals surface area contributed by atoms with Crippen LogP contribution >= 0.6 is 0 Å². The third kappa shape index (κ3) is 4.29. The lowest BCUT2D eigenvalue weighted by molar-refractivity contribution is -0.0712. The summed E-state index contributed by atoms with van der Waals surface area (Å²) in [5, 5.41) is 116. The highest BCUT2D eigenvalue weighted by Gasteiger charge is 2.45. The van der Waals surface area contributed by atoms with Crippen LogP contribution in [0.3, 0.4) is 0 Å². The van der Waals surface area contributed by atoms with Crippen LogP contribution in [0, 0.1) is 0 Å². The molecule has 0 radical (unpaired) electrons. The Kier molecular flexibility index (Phi) is 6.45. The molecular weight excluding hydrogens is 568 g/mol. The van der Waals surface area contributed by atoms with E-state index < -0.39 is 88.2 Å². The highest BCUT2D eigenvalue weighted by molar-refractivity contribution is 5.66. The average Bonchev–Trinajstić information content (AvgIpc) is 2.98. The number of fused-ring (bicyclic) bond motifs is 2. The SMILES string of the molecule is Oc1ccc(C2Oc3c(cc(C4c5ccc(O)c(O)c5OC(c5ccc(O)c(O)c5)C4O)c(O)c3O)C(O)C2O)cc1O. The number of aromatic hydroxyl groups is 8. The van der Waals surface area contributed by atoms with Crippen LogP contribution in [0.1, 0.15) is 52.0 Å². The molecule has 43 heavy (non-hydrogen) atoms. The predicted octanol–water partition coefficient (Wildman–Crippen LogP) is 2.49. The smallest absolute Gasteiger partial charge is 0.201 e. The van der Waals surface area contributed by atoms with Gasteiger partial charge in [0.25, 0.3) is 0 Å². The summed E-state index contributed by atoms with van der Waals surface area (Å²) in [6.45, 7) is 0. The number of benzene rings is 4. The van der Waals surface area contributed by atoms with Crippen LogP contribution in [0.25, 0.3) is 0 Å². The summed E-state index contributed by atoms with van der Waals surface area (Å²) in [6, 6.07) is 10.8. The summed E-state index contributed by atoms with van der Waals surface area (Å²) in [5.41, 5.74) is 0.00293. The predicted molar refractivity (Wildman–Crippen MR) is 145 cm³/mol. The molecule has 0 aliphatic carbocycles. The van der Waals surface area contributed by atoms with E-state index >= 15 is 0 Å². The Bertz CT molecular complexity index is 1750. The van der Waals surface area contributed by atoms with Crippen LogP contribution in [0.15, 0.2) is 54.6 Å². The molecule has 6 atom stereocenters. The first-order valence-electron chi connectivity index (χ1n) is 12.9. The maximum absolute atomic E-state index is 11.6. The molecule has 0 spiro atoms. The third-order valence-corrected chi connectivity index (χ3v) is 7.85. The van der Waals surface area contributed by atoms with Gasteiger partial charge in [0.05, 0.1) is 0 Å². The fourth-order valence-electron chi connectivity index (χ4n) is 5.63. The van der Waals surface area contributed by atoms with E-state index in [-0.39, 0.29) is 33.6 Å². The Morgan fingerprint density at radius 2 is 0.953 bits per heavy atom. The quantitative estimate of drug-likeness (QED) is 0.153. The number of phenols is 8. The van der Waals surface area contributed by atoms with Crippen LogP contribution < -0.4 is 9.47 Å². The largest absolute Gasteiger partial charge is 0.504 e. The number of ether oxygens (including phenoxy) is 2. The lowest BCUT2D eigenvalue weighted by Gasteiger charge is -2.39. The number of aliphatic hydroxyl groups excluding tert-OH is 3. The zero-order valence-electron chi connectivity index (χ0n) is 21.9. The molecule has 6 unspecified atom stereocenters. The van der Waals surface area contributed by atoms with Gasteiger partial charge in [-0.25, -0.2) is 0 Å². The molecule has 0 bridgehead atoms. The van der Waals surface area contributed by atoms with Crippen molar-refractivity contribution in [2.24, 2.45) is 0 Å². The molecule has 4 aromatic rings. The summed E-state index contributed by atoms with van der Waals surface area (Å²) < 4.78 is 11.6. The van der Waals surface area contributed by atoms with Crippen LogP contribution in [-0.4, -0.2) is 68.4 Å². The Labute approximate surface area is 242 Å². The van der Waals surface area contributed by atoms with Crippen molar-refractivity contribution in [2.45, 2.75) is 36.4 Å². The lowest BCUT2D eigenvalue weighted by atomic mass is 9.78. The van der Waals surface area contributed by atoms with Gasteiger partial charge in [0.15, 0.2) is 58.2 Å². The average molecular weight is 595 g/mol. The van der Waals surface area contributed by atoms with E-state index in [1.807, 2.05) is 0 Å². The molecule has 6 rings (SSSR count). The van der Waals surface area contributed by atoms with Gasteiger partial charge in [0, 0.05) is 22.6 Å². The van der Waals surface area contributed by atoms with Crippen molar-refractivity contribution in [1.29, 1.82) is 0 Å². The lowest BCUT2D eigenvalue weighted by Crippen LogP contribution is -2.36. The van der Waals surface area contributed by atoms with Crippen molar-refractivity contribution < 1.29 is 65.6 Å². The third-order valence-electron chi connectivity index (χ3n) is 7.85. The Morgan fingerprint density at radius 3 is 1.51 bits per heavy atom. The molecule has 0 fully saturated rings. The Hall–Kier alpha value is -5.24. The van der Waals surface area contributed by atoms with Crippen molar-refractivity contribution in [3.63, 3.8) is 0 Å². The minimum absolute atomic E-state index is 0.0703. The molecule has 0 saturated carbocycles. The summed E-state index contributed by atoms with van der Waals surface area (Å²) in [4.78, 5) is 0. The van der Waals surface area contributed by atoms with Gasteiger partial charge in [-0.3, -0.25) is 0 Å². The zero-order valence-corrected chi connectivity index (χ0v) is 21.9. The number of hydrogen-bond acceptors (Lipinski definition) is 13. The molecular formula is C30H26O13. The first-order valence-corrected chi connectivity index (χ1v) is 12.9. The normalized spacial score (nSPS) is 24.3. The summed E-state index contributed by atoms with van der Waals surface area (Å²) >= 11 is 0. The van der Waals surface area contributed by atoms with E-state index in [4.69, 9.17) is 9.47 Å².